The number of aldehydes is 1. The van der Waals surface area contributed by atoms with Crippen molar-refractivity contribution in [3.63, 3.8) is 0 Å². The number of carbonyl (C=O) groups is 1. The summed E-state index contributed by atoms with van der Waals surface area (Å²) in [6, 6.07) is 5.11. The molecule has 0 bridgehead atoms. The fourth-order valence-corrected chi connectivity index (χ4v) is 1.89. The van der Waals surface area contributed by atoms with Crippen LogP contribution in [0.15, 0.2) is 30.3 Å². The van der Waals surface area contributed by atoms with Gasteiger partial charge in [0.05, 0.1) is 5.56 Å². The molecule has 5 heteroatoms. The van der Waals surface area contributed by atoms with Crippen LogP contribution in [0.5, 0.6) is 0 Å². The Morgan fingerprint density at radius 1 is 1.00 bits per heavy atom. The van der Waals surface area contributed by atoms with E-state index in [1.54, 1.807) is 0 Å². The molecule has 1 nitrogen and oxygen atoms in total. The second kappa shape index (κ2) is 4.82. The molecule has 0 saturated carbocycles. The Balaban J connectivity index is 2.66. The molecule has 0 unspecified atom stereocenters. The maximum atomic E-state index is 13.6. The lowest BCUT2D eigenvalue weighted by Crippen LogP contribution is -1.94. The molecular weight excluding hydrogens is 265 g/mol. The largest absolute Gasteiger partial charge is 0.298 e. The molecule has 2 aromatic carbocycles. The van der Waals surface area contributed by atoms with Gasteiger partial charge in [-0.25, -0.2) is 13.2 Å². The first-order valence-electron chi connectivity index (χ1n) is 4.92. The van der Waals surface area contributed by atoms with Crippen molar-refractivity contribution in [2.75, 3.05) is 0 Å². The van der Waals surface area contributed by atoms with Crippen LogP contribution in [-0.4, -0.2) is 6.29 Å². The van der Waals surface area contributed by atoms with E-state index in [4.69, 9.17) is 11.6 Å². The second-order valence-corrected chi connectivity index (χ2v) is 4.01. The molecule has 0 spiro atoms. The average molecular weight is 271 g/mol. The summed E-state index contributed by atoms with van der Waals surface area (Å²) in [7, 11) is 0. The third kappa shape index (κ3) is 2.24. The van der Waals surface area contributed by atoms with Gasteiger partial charge < -0.3 is 0 Å². The van der Waals surface area contributed by atoms with Gasteiger partial charge in [0.25, 0.3) is 0 Å². The highest BCUT2D eigenvalue weighted by Gasteiger charge is 2.16. The van der Waals surface area contributed by atoms with Gasteiger partial charge in [-0.2, -0.15) is 0 Å². The van der Waals surface area contributed by atoms with E-state index < -0.39 is 23.0 Å². The van der Waals surface area contributed by atoms with Gasteiger partial charge in [0.2, 0.25) is 0 Å². The van der Waals surface area contributed by atoms with Crippen molar-refractivity contribution in [2.45, 2.75) is 0 Å². The van der Waals surface area contributed by atoms with Gasteiger partial charge in [0, 0.05) is 28.3 Å². The average Bonchev–Trinajstić information content (AvgIpc) is 2.29. The lowest BCUT2D eigenvalue weighted by atomic mass is 10.0. The van der Waals surface area contributed by atoms with Crippen molar-refractivity contribution in [3.05, 3.63) is 58.4 Å². The Morgan fingerprint density at radius 3 is 2.11 bits per heavy atom. The van der Waals surface area contributed by atoms with E-state index >= 15 is 0 Å². The molecule has 0 heterocycles. The lowest BCUT2D eigenvalue weighted by molar-refractivity contribution is 0.112. The van der Waals surface area contributed by atoms with Crippen LogP contribution in [0.25, 0.3) is 11.1 Å². The summed E-state index contributed by atoms with van der Waals surface area (Å²) in [4.78, 5) is 10.5. The summed E-state index contributed by atoms with van der Waals surface area (Å²) >= 11 is 5.84. The maximum absolute atomic E-state index is 13.6. The quantitative estimate of drug-likeness (QED) is 0.746. The first-order chi connectivity index (χ1) is 8.52. The van der Waals surface area contributed by atoms with Gasteiger partial charge in [-0.15, -0.1) is 0 Å². The Bertz CT molecular complexity index is 603. The van der Waals surface area contributed by atoms with E-state index in [-0.39, 0.29) is 16.1 Å². The van der Waals surface area contributed by atoms with Crippen LogP contribution in [0.4, 0.5) is 13.2 Å². The second-order valence-electron chi connectivity index (χ2n) is 3.60. The van der Waals surface area contributed by atoms with Gasteiger partial charge in [0.15, 0.2) is 0 Å². The van der Waals surface area contributed by atoms with E-state index in [9.17, 15) is 18.0 Å². The minimum absolute atomic E-state index is 0.0176. The van der Waals surface area contributed by atoms with Crippen molar-refractivity contribution in [3.8, 4) is 11.1 Å². The Hall–Kier alpha value is -1.81. The normalized spacial score (nSPS) is 10.4. The highest BCUT2D eigenvalue weighted by molar-refractivity contribution is 6.33. The molecule has 2 aromatic rings. The van der Waals surface area contributed by atoms with E-state index in [2.05, 4.69) is 0 Å². The standard InChI is InChI=1S/C13H6ClF3O/c14-10-3-7(6-18)1-2-9(10)13-11(16)4-8(15)5-12(13)17/h1-6H. The number of halogens is 4. The summed E-state index contributed by atoms with van der Waals surface area (Å²) < 4.78 is 39.9. The Labute approximate surface area is 106 Å². The van der Waals surface area contributed by atoms with Crippen LogP contribution in [0.1, 0.15) is 10.4 Å². The monoisotopic (exact) mass is 270 g/mol. The topological polar surface area (TPSA) is 17.1 Å². The molecule has 0 N–H and O–H groups in total. The highest BCUT2D eigenvalue weighted by atomic mass is 35.5. The molecule has 2 rings (SSSR count). The minimum atomic E-state index is -1.05. The molecule has 0 radical (unpaired) electrons. The molecule has 0 fully saturated rings. The number of hydrogen-bond acceptors (Lipinski definition) is 1. The molecule has 0 aromatic heterocycles. The summed E-state index contributed by atoms with van der Waals surface area (Å²) in [6.07, 6.45) is 0.563. The van der Waals surface area contributed by atoms with Crippen LogP contribution in [0.3, 0.4) is 0 Å². The Kier molecular flexibility index (Phi) is 3.39. The molecule has 0 atom stereocenters. The SMILES string of the molecule is O=Cc1ccc(-c2c(F)cc(F)cc2F)c(Cl)c1. The van der Waals surface area contributed by atoms with Crippen LogP contribution in [0, 0.1) is 17.5 Å². The fraction of sp³-hybridized carbons (Fsp3) is 0. The number of carbonyl (C=O) groups excluding carboxylic acids is 1. The third-order valence-electron chi connectivity index (χ3n) is 2.41. The maximum Gasteiger partial charge on any atom is 0.150 e. The predicted molar refractivity (Wildman–Crippen MR) is 62.1 cm³/mol. The van der Waals surface area contributed by atoms with Crippen molar-refractivity contribution >= 4 is 17.9 Å². The van der Waals surface area contributed by atoms with Crippen molar-refractivity contribution < 1.29 is 18.0 Å². The van der Waals surface area contributed by atoms with Crippen molar-refractivity contribution in [1.29, 1.82) is 0 Å². The summed E-state index contributed by atoms with van der Waals surface area (Å²) in [5.74, 6) is -3.10. The summed E-state index contributed by atoms with van der Waals surface area (Å²) in [5, 5.41) is 0.0176. The lowest BCUT2D eigenvalue weighted by Gasteiger charge is -2.08. The van der Waals surface area contributed by atoms with Crippen LogP contribution in [-0.2, 0) is 0 Å². The third-order valence-corrected chi connectivity index (χ3v) is 2.72. The highest BCUT2D eigenvalue weighted by Crippen LogP contribution is 2.32. The van der Waals surface area contributed by atoms with E-state index in [0.29, 0.717) is 18.4 Å². The van der Waals surface area contributed by atoms with Gasteiger partial charge in [0.1, 0.15) is 23.7 Å². The van der Waals surface area contributed by atoms with Crippen LogP contribution in [0.2, 0.25) is 5.02 Å². The van der Waals surface area contributed by atoms with Crippen LogP contribution < -0.4 is 0 Å². The van der Waals surface area contributed by atoms with Gasteiger partial charge >= 0.3 is 0 Å². The van der Waals surface area contributed by atoms with Crippen molar-refractivity contribution in [2.24, 2.45) is 0 Å². The molecule has 92 valence electrons. The molecule has 0 aliphatic heterocycles. The first-order valence-corrected chi connectivity index (χ1v) is 5.30. The van der Waals surface area contributed by atoms with E-state index in [0.717, 1.165) is 0 Å². The molecule has 0 saturated heterocycles. The van der Waals surface area contributed by atoms with Crippen LogP contribution >= 0.6 is 11.6 Å². The molecule has 0 aliphatic rings. The van der Waals surface area contributed by atoms with Crippen molar-refractivity contribution in [1.82, 2.24) is 0 Å². The smallest absolute Gasteiger partial charge is 0.150 e. The molecular formula is C13H6ClF3O. The molecule has 18 heavy (non-hydrogen) atoms. The van der Waals surface area contributed by atoms with Gasteiger partial charge in [-0.05, 0) is 6.07 Å². The van der Waals surface area contributed by atoms with Gasteiger partial charge in [-0.3, -0.25) is 4.79 Å². The zero-order chi connectivity index (χ0) is 13.3. The summed E-state index contributed by atoms with van der Waals surface area (Å²) in [6.45, 7) is 0. The Morgan fingerprint density at radius 2 is 1.61 bits per heavy atom. The zero-order valence-corrected chi connectivity index (χ0v) is 9.64. The zero-order valence-electron chi connectivity index (χ0n) is 8.88. The summed E-state index contributed by atoms with van der Waals surface area (Å²) in [5.41, 5.74) is -0.0669. The fourth-order valence-electron chi connectivity index (χ4n) is 1.61. The minimum Gasteiger partial charge on any atom is -0.298 e. The number of hydrogen-bond donors (Lipinski definition) is 0. The molecule has 0 aliphatic carbocycles. The first kappa shape index (κ1) is 12.6. The predicted octanol–water partition coefficient (Wildman–Crippen LogP) is 4.24. The number of rotatable bonds is 2. The van der Waals surface area contributed by atoms with E-state index in [1.165, 1.54) is 18.2 Å². The number of benzene rings is 2. The molecule has 0 amide bonds. The van der Waals surface area contributed by atoms with Gasteiger partial charge in [-0.1, -0.05) is 23.7 Å². The van der Waals surface area contributed by atoms with E-state index in [1.807, 2.05) is 0 Å².